The standard InChI is InChI=1S/C39H30F2N2O3S/c1-23(24-7-9-27(10-8-24)39(45)46)42-38(44)34-19-29(28-17-30(40)21-31(41)18-28)20-35-37(34)36(22-43(35)32-13-14-32)47-33-15-11-26(12-16-33)25-5-3-2-4-6-25/h2-12,15-23,32H,13-14H2,1H3,(H,42,44)(H,45,46)/t23-/m0/s1. The molecule has 234 valence electrons. The first-order valence-electron chi connectivity index (χ1n) is 15.4. The number of aromatic carboxylic acids is 1. The van der Waals surface area contributed by atoms with Crippen LogP contribution in [-0.2, 0) is 0 Å². The molecule has 47 heavy (non-hydrogen) atoms. The first-order valence-corrected chi connectivity index (χ1v) is 16.2. The number of hydrogen-bond acceptors (Lipinski definition) is 3. The topological polar surface area (TPSA) is 71.3 Å². The molecule has 5 aromatic carbocycles. The van der Waals surface area contributed by atoms with E-state index >= 15 is 0 Å². The molecule has 6 aromatic rings. The SMILES string of the molecule is C[C@H](NC(=O)c1cc(-c2cc(F)cc(F)c2)cc2c1c(Sc1ccc(-c3ccccc3)cc1)cn2C1CC1)c1ccc(C(=O)O)cc1. The summed E-state index contributed by atoms with van der Waals surface area (Å²) in [6.45, 7) is 1.83. The van der Waals surface area contributed by atoms with E-state index < -0.39 is 23.6 Å². The minimum absolute atomic E-state index is 0.156. The van der Waals surface area contributed by atoms with Crippen LogP contribution in [0.5, 0.6) is 0 Å². The highest BCUT2D eigenvalue weighted by atomic mass is 32.2. The molecule has 5 nitrogen and oxygen atoms in total. The molecule has 0 radical (unpaired) electrons. The zero-order valence-corrected chi connectivity index (χ0v) is 26.2. The van der Waals surface area contributed by atoms with Gasteiger partial charge in [-0.15, -0.1) is 0 Å². The highest BCUT2D eigenvalue weighted by Gasteiger charge is 2.29. The Morgan fingerprint density at radius 2 is 1.45 bits per heavy atom. The quantitative estimate of drug-likeness (QED) is 0.164. The number of rotatable bonds is 9. The fourth-order valence-electron chi connectivity index (χ4n) is 5.89. The van der Waals surface area contributed by atoms with E-state index in [0.29, 0.717) is 16.7 Å². The van der Waals surface area contributed by atoms with Gasteiger partial charge in [-0.25, -0.2) is 13.6 Å². The van der Waals surface area contributed by atoms with Gasteiger partial charge in [-0.05, 0) is 96.1 Å². The number of carbonyl (C=O) groups excluding carboxylic acids is 1. The fraction of sp³-hybridized carbons (Fsp3) is 0.128. The predicted molar refractivity (Wildman–Crippen MR) is 181 cm³/mol. The number of aromatic nitrogens is 1. The van der Waals surface area contributed by atoms with Crippen LogP contribution in [0.2, 0.25) is 0 Å². The Morgan fingerprint density at radius 1 is 0.809 bits per heavy atom. The third-order valence-corrected chi connectivity index (χ3v) is 9.51. The van der Waals surface area contributed by atoms with E-state index in [0.717, 1.165) is 56.3 Å². The van der Waals surface area contributed by atoms with Crippen LogP contribution in [0.3, 0.4) is 0 Å². The van der Waals surface area contributed by atoms with Gasteiger partial charge in [-0.3, -0.25) is 4.79 Å². The third-order valence-electron chi connectivity index (χ3n) is 8.47. The summed E-state index contributed by atoms with van der Waals surface area (Å²) in [6.07, 6.45) is 4.09. The number of carboxylic acids is 1. The molecule has 7 rings (SSSR count). The van der Waals surface area contributed by atoms with Gasteiger partial charge in [0, 0.05) is 33.5 Å². The number of amides is 1. The van der Waals surface area contributed by atoms with E-state index in [2.05, 4.69) is 52.5 Å². The van der Waals surface area contributed by atoms with Crippen LogP contribution in [0.15, 0.2) is 125 Å². The average molecular weight is 645 g/mol. The van der Waals surface area contributed by atoms with Gasteiger partial charge in [0.15, 0.2) is 0 Å². The second-order valence-corrected chi connectivity index (χ2v) is 12.9. The molecule has 1 aliphatic carbocycles. The van der Waals surface area contributed by atoms with Crippen molar-refractivity contribution in [3.63, 3.8) is 0 Å². The summed E-state index contributed by atoms with van der Waals surface area (Å²) in [5, 5.41) is 13.1. The van der Waals surface area contributed by atoms with Crippen molar-refractivity contribution >= 4 is 34.5 Å². The largest absolute Gasteiger partial charge is 0.478 e. The molecule has 0 bridgehead atoms. The Morgan fingerprint density at radius 3 is 2.09 bits per heavy atom. The Hall–Kier alpha value is -5.21. The van der Waals surface area contributed by atoms with Gasteiger partial charge in [0.05, 0.1) is 22.7 Å². The molecular formula is C39H30F2N2O3S. The number of halogens is 2. The maximum absolute atomic E-state index is 14.4. The van der Waals surface area contributed by atoms with Crippen LogP contribution < -0.4 is 5.32 Å². The maximum Gasteiger partial charge on any atom is 0.335 e. The molecule has 8 heteroatoms. The van der Waals surface area contributed by atoms with Gasteiger partial charge >= 0.3 is 5.97 Å². The van der Waals surface area contributed by atoms with Crippen molar-refractivity contribution in [2.24, 2.45) is 0 Å². The summed E-state index contributed by atoms with van der Waals surface area (Å²) in [5.74, 6) is -2.77. The van der Waals surface area contributed by atoms with Crippen LogP contribution in [0.25, 0.3) is 33.2 Å². The van der Waals surface area contributed by atoms with E-state index in [9.17, 15) is 23.5 Å². The monoisotopic (exact) mass is 644 g/mol. The minimum atomic E-state index is -1.03. The molecule has 1 amide bonds. The molecule has 1 aliphatic rings. The molecular weight excluding hydrogens is 615 g/mol. The third kappa shape index (κ3) is 6.42. The van der Waals surface area contributed by atoms with Crippen molar-refractivity contribution in [3.8, 4) is 22.3 Å². The van der Waals surface area contributed by atoms with Gasteiger partial charge in [-0.1, -0.05) is 66.4 Å². The molecule has 1 atom stereocenters. The number of nitrogens with one attached hydrogen (secondary N) is 1. The summed E-state index contributed by atoms with van der Waals surface area (Å²) in [5.41, 5.74) is 5.21. The van der Waals surface area contributed by atoms with Gasteiger partial charge in [0.25, 0.3) is 5.91 Å². The number of carboxylic acid groups (broad SMARTS) is 1. The molecule has 0 spiro atoms. The first kappa shape index (κ1) is 30.4. The number of fused-ring (bicyclic) bond motifs is 1. The fourth-order valence-corrected chi connectivity index (χ4v) is 6.90. The zero-order valence-electron chi connectivity index (χ0n) is 25.4. The smallest absolute Gasteiger partial charge is 0.335 e. The second kappa shape index (κ2) is 12.5. The first-order chi connectivity index (χ1) is 22.7. The normalized spacial score (nSPS) is 13.4. The number of carbonyl (C=O) groups is 2. The highest BCUT2D eigenvalue weighted by molar-refractivity contribution is 7.99. The molecule has 2 N–H and O–H groups in total. The number of hydrogen-bond donors (Lipinski definition) is 2. The lowest BCUT2D eigenvalue weighted by Crippen LogP contribution is -2.27. The van der Waals surface area contributed by atoms with Crippen molar-refractivity contribution in [1.82, 2.24) is 9.88 Å². The summed E-state index contributed by atoms with van der Waals surface area (Å²) >= 11 is 1.57. The summed E-state index contributed by atoms with van der Waals surface area (Å²) < 4.78 is 30.9. The lowest BCUT2D eigenvalue weighted by Gasteiger charge is -2.17. The van der Waals surface area contributed by atoms with Crippen molar-refractivity contribution in [1.29, 1.82) is 0 Å². The van der Waals surface area contributed by atoms with Gasteiger partial charge < -0.3 is 15.0 Å². The molecule has 1 fully saturated rings. The van der Waals surface area contributed by atoms with Crippen molar-refractivity contribution < 1.29 is 23.5 Å². The summed E-state index contributed by atoms with van der Waals surface area (Å²) in [7, 11) is 0. The van der Waals surface area contributed by atoms with Crippen LogP contribution in [0.4, 0.5) is 8.78 Å². The molecule has 1 aromatic heterocycles. The van der Waals surface area contributed by atoms with E-state index in [1.165, 1.54) is 24.3 Å². The molecule has 0 aliphatic heterocycles. The predicted octanol–water partition coefficient (Wildman–Crippen LogP) is 9.93. The minimum Gasteiger partial charge on any atom is -0.478 e. The van der Waals surface area contributed by atoms with E-state index in [1.807, 2.05) is 31.2 Å². The van der Waals surface area contributed by atoms with E-state index in [1.54, 1.807) is 30.0 Å². The van der Waals surface area contributed by atoms with Crippen LogP contribution in [-0.4, -0.2) is 21.6 Å². The van der Waals surface area contributed by atoms with Crippen LogP contribution in [0, 0.1) is 11.6 Å². The molecule has 1 heterocycles. The second-order valence-electron chi connectivity index (χ2n) is 11.8. The Bertz CT molecular complexity index is 2100. The van der Waals surface area contributed by atoms with Crippen LogP contribution >= 0.6 is 11.8 Å². The van der Waals surface area contributed by atoms with E-state index in [4.69, 9.17) is 0 Å². The van der Waals surface area contributed by atoms with E-state index in [-0.39, 0.29) is 17.5 Å². The Kier molecular flexibility index (Phi) is 8.12. The van der Waals surface area contributed by atoms with Crippen LogP contribution in [0.1, 0.15) is 58.1 Å². The van der Waals surface area contributed by atoms with Crippen molar-refractivity contribution in [2.45, 2.75) is 41.6 Å². The lowest BCUT2D eigenvalue weighted by molar-refractivity contribution is 0.0696. The Balaban J connectivity index is 1.31. The van der Waals surface area contributed by atoms with Gasteiger partial charge in [0.2, 0.25) is 0 Å². The van der Waals surface area contributed by atoms with Gasteiger partial charge in [0.1, 0.15) is 11.6 Å². The maximum atomic E-state index is 14.4. The highest BCUT2D eigenvalue weighted by Crippen LogP contribution is 2.45. The molecule has 0 saturated heterocycles. The average Bonchev–Trinajstić information content (AvgIpc) is 3.86. The van der Waals surface area contributed by atoms with Crippen molar-refractivity contribution in [3.05, 3.63) is 144 Å². The van der Waals surface area contributed by atoms with Crippen molar-refractivity contribution in [2.75, 3.05) is 0 Å². The number of benzene rings is 5. The molecule has 0 unspecified atom stereocenters. The molecule has 1 saturated carbocycles. The van der Waals surface area contributed by atoms with Gasteiger partial charge in [-0.2, -0.15) is 0 Å². The Labute approximate surface area is 274 Å². The number of nitrogens with zero attached hydrogens (tertiary/aromatic N) is 1. The zero-order chi connectivity index (χ0) is 32.7. The summed E-state index contributed by atoms with van der Waals surface area (Å²) in [4.78, 5) is 27.4. The summed E-state index contributed by atoms with van der Waals surface area (Å²) in [6, 6.07) is 31.6. The lowest BCUT2D eigenvalue weighted by atomic mass is 9.98.